The Bertz CT molecular complexity index is 1430. The number of rotatable bonds is 6. The molecule has 4 aliphatic heterocycles. The molecule has 0 saturated carbocycles. The zero-order chi connectivity index (χ0) is 31.2. The van der Waals surface area contributed by atoms with Crippen molar-refractivity contribution in [1.82, 2.24) is 9.80 Å². The SMILES string of the molecule is [2H]B(P)S.[3H]OC[C@H]1c2c(c(O)c(C)c3c2OCO3)C[C@H]2[C@H]3c4c(cc(C)c(OC)c4OCOC)C[C@@H]([C@H](C#N)N12)N3C. The van der Waals surface area contributed by atoms with E-state index in [1.165, 1.54) is 0 Å². The van der Waals surface area contributed by atoms with Crippen molar-refractivity contribution in [3.63, 3.8) is 0 Å². The Morgan fingerprint density at radius 2 is 2.00 bits per heavy atom. The van der Waals surface area contributed by atoms with Crippen LogP contribution >= 0.6 is 21.6 Å². The summed E-state index contributed by atoms with van der Waals surface area (Å²) in [6, 6.07) is 3.15. The summed E-state index contributed by atoms with van der Waals surface area (Å²) in [6.45, 7) is 3.91. The Labute approximate surface area is 252 Å². The molecule has 4 aliphatic rings. The number of aryl methyl sites for hydroxylation is 1. The van der Waals surface area contributed by atoms with E-state index in [9.17, 15) is 10.4 Å². The van der Waals surface area contributed by atoms with E-state index < -0.39 is 12.1 Å². The molecule has 0 amide bonds. The molecule has 1 unspecified atom stereocenters. The fourth-order valence-corrected chi connectivity index (χ4v) is 7.24. The molecular weight excluding hydrogens is 564 g/mol. The van der Waals surface area contributed by atoms with Gasteiger partial charge in [0.25, 0.3) is 0 Å². The van der Waals surface area contributed by atoms with Gasteiger partial charge >= 0.3 is 0 Å². The van der Waals surface area contributed by atoms with Crippen molar-refractivity contribution < 1.29 is 33.9 Å². The van der Waals surface area contributed by atoms with E-state index in [1.807, 2.05) is 20.9 Å². The van der Waals surface area contributed by atoms with Crippen LogP contribution in [-0.2, 0) is 17.6 Å². The largest absolute Gasteiger partial charge is 0.507 e. The van der Waals surface area contributed by atoms with E-state index >= 15 is 0 Å². The first kappa shape index (κ1) is 27.4. The van der Waals surface area contributed by atoms with E-state index in [0.717, 1.165) is 27.8 Å². The van der Waals surface area contributed by atoms with Crippen LogP contribution in [0.3, 0.4) is 0 Å². The van der Waals surface area contributed by atoms with Crippen LogP contribution in [0.25, 0.3) is 0 Å². The van der Waals surface area contributed by atoms with Crippen molar-refractivity contribution >= 4 is 27.8 Å². The number of phenolic OH excluding ortho intramolecular Hbond substituents is 1. The number of aliphatic hydroxyl groups excluding tert-OH is 1. The number of ether oxygens (including phenoxy) is 5. The minimum absolute atomic E-state index is 0.000241. The number of nitriles is 1. The maximum absolute atomic E-state index is 11.4. The summed E-state index contributed by atoms with van der Waals surface area (Å²) in [5.41, 5.74) is 5.13. The lowest BCUT2D eigenvalue weighted by Gasteiger charge is -2.59. The number of nitrogens with zero attached hydrogens (tertiary/aromatic N) is 3. The average Bonchev–Trinajstić information content (AvgIpc) is 3.45. The quantitative estimate of drug-likeness (QED) is 0.197. The number of hydrogen-bond donors (Lipinski definition) is 3. The Balaban J connectivity index is 0.000000868. The Kier molecular flexibility index (Phi) is 8.09. The molecule has 1 saturated heterocycles. The summed E-state index contributed by atoms with van der Waals surface area (Å²) < 4.78 is 43.0. The van der Waals surface area contributed by atoms with Crippen LogP contribution in [0.1, 0.15) is 45.5 Å². The summed E-state index contributed by atoms with van der Waals surface area (Å²) in [4.78, 5) is 4.42. The minimum Gasteiger partial charge on any atom is -0.507 e. The predicted octanol–water partition coefficient (Wildman–Crippen LogP) is 2.55. The number of hydrogen-bond acceptors (Lipinski definition) is 11. The predicted molar refractivity (Wildman–Crippen MR) is 162 cm³/mol. The lowest BCUT2D eigenvalue weighted by molar-refractivity contribution is -0.0832. The molecule has 220 valence electrons. The van der Waals surface area contributed by atoms with E-state index in [2.05, 4.69) is 43.5 Å². The standard InChI is InChI=1S/C28H33N3O7.BH4PS/c1-13-6-15-7-17-19(9-29)31-18(23(30(17)3)21(15)27(25(13)35-5)36-11-34-4)8-16-22(20(31)10-32)28-26(37-12-38-28)14(2)24(16)33;2-1-3/h6,17-20,23,32-33H,7-8,10-12H2,1-5H3;1,3H,2H2/t17-,18-,19-,20-,23-;/m0./s1/i32T;1D. The smallest absolute Gasteiger partial charge is 0.231 e. The van der Waals surface area contributed by atoms with Crippen LogP contribution in [0.5, 0.6) is 28.7 Å². The molecule has 0 aromatic heterocycles. The third-order valence-electron chi connectivity index (χ3n) is 8.75. The summed E-state index contributed by atoms with van der Waals surface area (Å²) in [6.07, 6.45) is 0.780. The number of piperazine rings is 1. The minimum atomic E-state index is -0.501. The molecule has 6 rings (SSSR count). The second-order valence-corrected chi connectivity index (χ2v) is 11.8. The lowest BCUT2D eigenvalue weighted by Crippen LogP contribution is -2.68. The number of thiol groups is 1. The maximum atomic E-state index is 11.4. The lowest BCUT2D eigenvalue weighted by atomic mass is 9.71. The average molecular weight is 604 g/mol. The molecule has 6 atom stereocenters. The molecule has 0 radical (unpaired) electrons. The van der Waals surface area contributed by atoms with E-state index in [0.29, 0.717) is 41.4 Å². The van der Waals surface area contributed by atoms with E-state index in [1.54, 1.807) is 14.2 Å². The monoisotopic (exact) mass is 604 g/mol. The van der Waals surface area contributed by atoms with E-state index in [-0.39, 0.29) is 50.3 Å². The molecule has 2 aromatic carbocycles. The van der Waals surface area contributed by atoms with Gasteiger partial charge in [-0.05, 0) is 46.2 Å². The number of aliphatic hydroxyl groups is 1. The third-order valence-corrected chi connectivity index (χ3v) is 8.75. The van der Waals surface area contributed by atoms with Gasteiger partial charge in [-0.1, -0.05) is 6.07 Å². The second-order valence-electron chi connectivity index (χ2n) is 10.6. The molecule has 0 aliphatic carbocycles. The van der Waals surface area contributed by atoms with E-state index in [4.69, 9.17) is 31.6 Å². The second kappa shape index (κ2) is 12.1. The van der Waals surface area contributed by atoms with Crippen LogP contribution in [0, 0.1) is 25.2 Å². The Morgan fingerprint density at radius 1 is 1.27 bits per heavy atom. The molecule has 13 heteroatoms. The molecule has 2 aromatic rings. The van der Waals surface area contributed by atoms with Gasteiger partial charge in [0, 0.05) is 41.4 Å². The normalized spacial score (nSPS) is 26.2. The number of methoxy groups -OCH3 is 2. The highest BCUT2D eigenvalue weighted by atomic mass is 32.1. The molecule has 0 spiro atoms. The molecule has 2 bridgehead atoms. The van der Waals surface area contributed by atoms with Gasteiger partial charge in [-0.3, -0.25) is 9.80 Å². The van der Waals surface area contributed by atoms with Gasteiger partial charge in [-0.2, -0.15) is 14.4 Å². The first-order valence-electron chi connectivity index (χ1n) is 14.4. The number of likely N-dealkylation sites (N-methyl/N-ethyl adjacent to an activating group) is 1. The van der Waals surface area contributed by atoms with Crippen molar-refractivity contribution in [3.05, 3.63) is 39.4 Å². The van der Waals surface area contributed by atoms with Gasteiger partial charge in [0.2, 0.25) is 14.5 Å². The molecule has 1 fully saturated rings. The van der Waals surface area contributed by atoms with Crippen LogP contribution in [0.15, 0.2) is 6.07 Å². The van der Waals surface area contributed by atoms with Gasteiger partial charge in [0.1, 0.15) is 11.8 Å². The maximum Gasteiger partial charge on any atom is 0.231 e. The highest BCUT2D eigenvalue weighted by molar-refractivity contribution is 8.20. The zero-order valence-electron chi connectivity index (χ0n) is 25.8. The number of benzene rings is 2. The number of fused-ring (bicyclic) bond motifs is 9. The molecule has 2 N–H and O–H groups in total. The Hall–Kier alpha value is -2.39. The topological polar surface area (TPSA) is 117 Å². The van der Waals surface area contributed by atoms with Gasteiger partial charge in [-0.15, -0.1) is 0 Å². The van der Waals surface area contributed by atoms with Crippen molar-refractivity contribution in [3.8, 4) is 34.8 Å². The van der Waals surface area contributed by atoms with Gasteiger partial charge < -0.3 is 33.9 Å². The molecule has 10 nitrogen and oxygen atoms in total. The zero-order valence-corrected chi connectivity index (χ0v) is 25.9. The van der Waals surface area contributed by atoms with Crippen molar-refractivity contribution in [2.75, 3.05) is 41.5 Å². The summed E-state index contributed by atoms with van der Waals surface area (Å²) in [7, 11) is 7.44. The van der Waals surface area contributed by atoms with Gasteiger partial charge in [-0.25, -0.2) is 12.5 Å². The van der Waals surface area contributed by atoms with Crippen molar-refractivity contribution in [1.29, 1.82) is 8.03 Å². The van der Waals surface area contributed by atoms with Crippen molar-refractivity contribution in [2.24, 2.45) is 0 Å². The van der Waals surface area contributed by atoms with Gasteiger partial charge in [0.05, 0.1) is 31.9 Å². The molecule has 41 heavy (non-hydrogen) atoms. The number of phenols is 1. The van der Waals surface area contributed by atoms with Crippen LogP contribution in [-0.4, -0.2) is 88.6 Å². The third kappa shape index (κ3) is 4.62. The summed E-state index contributed by atoms with van der Waals surface area (Å²) in [5, 5.41) is 27.0. The summed E-state index contributed by atoms with van der Waals surface area (Å²) in [5.74, 6) is 2.49. The van der Waals surface area contributed by atoms with Gasteiger partial charge in [0.15, 0.2) is 29.8 Å². The summed E-state index contributed by atoms with van der Waals surface area (Å²) >= 11 is 3.60. The first-order chi connectivity index (χ1) is 20.6. The number of aromatic hydroxyl groups is 1. The van der Waals surface area contributed by atoms with Crippen LogP contribution in [0.2, 0.25) is 0 Å². The molecule has 4 heterocycles. The van der Waals surface area contributed by atoms with Crippen molar-refractivity contribution in [2.45, 2.75) is 56.9 Å². The Morgan fingerprint density at radius 3 is 2.66 bits per heavy atom. The molecular formula is C28H37BN3O7PS. The fraction of sp³-hybridized carbons (Fsp3) is 0.536. The highest BCUT2D eigenvalue weighted by Gasteiger charge is 2.56. The fourth-order valence-electron chi connectivity index (χ4n) is 7.24. The van der Waals surface area contributed by atoms with Crippen LogP contribution in [0.4, 0.5) is 0 Å². The highest BCUT2D eigenvalue weighted by Crippen LogP contribution is 2.58. The van der Waals surface area contributed by atoms with Crippen LogP contribution < -0.4 is 18.9 Å². The first-order valence-corrected chi connectivity index (χ1v) is 14.6.